The lowest BCUT2D eigenvalue weighted by Crippen LogP contribution is -2.44. The summed E-state index contributed by atoms with van der Waals surface area (Å²) in [5, 5.41) is 13.7. The molecule has 0 radical (unpaired) electrons. The standard InChI is InChI=1S/C16H19N3O3S/c1-10-3-4-12(23-10)9-19-14(20)6-5-13(16(21)22)15(19)11-7-17-18(2)8-11/h3-4,7-8,13,15H,5-6,9H2,1-2H3,(H,21,22)/t13-,15+/m0/s1. The fourth-order valence-corrected chi connectivity index (χ4v) is 4.03. The molecule has 122 valence electrons. The van der Waals surface area contributed by atoms with Crippen LogP contribution in [0.1, 0.15) is 34.2 Å². The highest BCUT2D eigenvalue weighted by Crippen LogP contribution is 2.38. The lowest BCUT2D eigenvalue weighted by atomic mass is 9.85. The minimum atomic E-state index is -0.862. The van der Waals surface area contributed by atoms with Gasteiger partial charge in [-0.3, -0.25) is 14.3 Å². The molecule has 0 saturated carbocycles. The molecule has 1 saturated heterocycles. The van der Waals surface area contributed by atoms with Gasteiger partial charge in [-0.15, -0.1) is 11.3 Å². The first-order valence-corrected chi connectivity index (χ1v) is 8.33. The second-order valence-corrected chi connectivity index (χ2v) is 7.28. The average molecular weight is 333 g/mol. The van der Waals surface area contributed by atoms with Gasteiger partial charge in [0, 0.05) is 35.0 Å². The Labute approximate surface area is 138 Å². The lowest BCUT2D eigenvalue weighted by Gasteiger charge is -2.38. The van der Waals surface area contributed by atoms with Gasteiger partial charge in [-0.1, -0.05) is 0 Å². The number of carbonyl (C=O) groups is 2. The first-order chi connectivity index (χ1) is 11.0. The molecule has 7 heteroatoms. The van der Waals surface area contributed by atoms with Crippen LogP contribution in [0.25, 0.3) is 0 Å². The van der Waals surface area contributed by atoms with E-state index < -0.39 is 17.9 Å². The molecule has 1 aliphatic rings. The summed E-state index contributed by atoms with van der Waals surface area (Å²) >= 11 is 1.63. The topological polar surface area (TPSA) is 75.4 Å². The predicted molar refractivity (Wildman–Crippen MR) is 85.9 cm³/mol. The Hall–Kier alpha value is -2.15. The molecule has 0 bridgehead atoms. The van der Waals surface area contributed by atoms with Crippen molar-refractivity contribution in [2.24, 2.45) is 13.0 Å². The molecule has 1 aliphatic heterocycles. The maximum Gasteiger partial charge on any atom is 0.308 e. The fraction of sp³-hybridized carbons (Fsp3) is 0.438. The number of thiophene rings is 1. The molecule has 1 amide bonds. The number of carbonyl (C=O) groups excluding carboxylic acids is 1. The van der Waals surface area contributed by atoms with E-state index in [2.05, 4.69) is 5.10 Å². The number of carboxylic acids is 1. The van der Waals surface area contributed by atoms with Crippen LogP contribution >= 0.6 is 11.3 Å². The Bertz CT molecular complexity index is 737. The van der Waals surface area contributed by atoms with Gasteiger partial charge >= 0.3 is 5.97 Å². The smallest absolute Gasteiger partial charge is 0.308 e. The molecule has 6 nitrogen and oxygen atoms in total. The lowest BCUT2D eigenvalue weighted by molar-refractivity contribution is -0.152. The Kier molecular flexibility index (Phi) is 4.21. The second-order valence-electron chi connectivity index (χ2n) is 5.91. The zero-order chi connectivity index (χ0) is 16.6. The van der Waals surface area contributed by atoms with Gasteiger partial charge in [0.05, 0.1) is 24.7 Å². The van der Waals surface area contributed by atoms with Crippen molar-refractivity contribution in [1.29, 1.82) is 0 Å². The highest BCUT2D eigenvalue weighted by atomic mass is 32.1. The number of amides is 1. The Balaban J connectivity index is 1.96. The van der Waals surface area contributed by atoms with E-state index in [1.54, 1.807) is 40.4 Å². The molecule has 1 N–H and O–H groups in total. The minimum absolute atomic E-state index is 0.00223. The Morgan fingerprint density at radius 3 is 2.83 bits per heavy atom. The van der Waals surface area contributed by atoms with Crippen LogP contribution in [0.3, 0.4) is 0 Å². The van der Waals surface area contributed by atoms with Crippen molar-refractivity contribution in [1.82, 2.24) is 14.7 Å². The number of rotatable bonds is 4. The molecule has 0 spiro atoms. The van der Waals surface area contributed by atoms with E-state index in [0.29, 0.717) is 13.0 Å². The maximum atomic E-state index is 12.5. The highest BCUT2D eigenvalue weighted by Gasteiger charge is 2.41. The molecule has 2 aromatic rings. The molecule has 0 aromatic carbocycles. The van der Waals surface area contributed by atoms with Crippen LogP contribution in [0.5, 0.6) is 0 Å². The third-order valence-corrected chi connectivity index (χ3v) is 5.20. The molecule has 1 fully saturated rings. The minimum Gasteiger partial charge on any atom is -0.481 e. The summed E-state index contributed by atoms with van der Waals surface area (Å²) in [5.74, 6) is -1.46. The molecule has 0 unspecified atom stereocenters. The van der Waals surface area contributed by atoms with Crippen molar-refractivity contribution < 1.29 is 14.7 Å². The van der Waals surface area contributed by atoms with Gasteiger partial charge < -0.3 is 10.0 Å². The molecular weight excluding hydrogens is 314 g/mol. The molecule has 2 aromatic heterocycles. The van der Waals surface area contributed by atoms with Crippen LogP contribution in [0.15, 0.2) is 24.5 Å². The first kappa shape index (κ1) is 15.7. The second kappa shape index (κ2) is 6.16. The van der Waals surface area contributed by atoms with Gasteiger partial charge in [0.2, 0.25) is 5.91 Å². The number of carboxylic acid groups (broad SMARTS) is 1. The van der Waals surface area contributed by atoms with Crippen molar-refractivity contribution in [3.8, 4) is 0 Å². The quantitative estimate of drug-likeness (QED) is 0.932. The van der Waals surface area contributed by atoms with Gasteiger partial charge in [-0.2, -0.15) is 5.10 Å². The number of aromatic nitrogens is 2. The van der Waals surface area contributed by atoms with Crippen LogP contribution in [0.2, 0.25) is 0 Å². The van der Waals surface area contributed by atoms with Crippen LogP contribution in [0.4, 0.5) is 0 Å². The summed E-state index contributed by atoms with van der Waals surface area (Å²) in [6.07, 6.45) is 4.10. The van der Waals surface area contributed by atoms with E-state index in [-0.39, 0.29) is 12.3 Å². The van der Waals surface area contributed by atoms with Gasteiger partial charge in [-0.05, 0) is 25.5 Å². The van der Waals surface area contributed by atoms with E-state index in [0.717, 1.165) is 10.4 Å². The van der Waals surface area contributed by atoms with E-state index in [1.165, 1.54) is 4.88 Å². The SMILES string of the molecule is Cc1ccc(CN2C(=O)CC[C@H](C(=O)O)[C@H]2c2cnn(C)c2)s1. The third-order valence-electron chi connectivity index (χ3n) is 4.21. The molecule has 3 heterocycles. The van der Waals surface area contributed by atoms with Gasteiger partial charge in [0.1, 0.15) is 0 Å². The number of aliphatic carboxylic acids is 1. The summed E-state index contributed by atoms with van der Waals surface area (Å²) < 4.78 is 1.64. The van der Waals surface area contributed by atoms with Crippen molar-refractivity contribution >= 4 is 23.2 Å². The van der Waals surface area contributed by atoms with Crippen LogP contribution in [-0.4, -0.2) is 31.7 Å². The number of hydrogen-bond acceptors (Lipinski definition) is 4. The largest absolute Gasteiger partial charge is 0.481 e. The van der Waals surface area contributed by atoms with Crippen molar-refractivity contribution in [3.05, 3.63) is 39.8 Å². The van der Waals surface area contributed by atoms with Crippen molar-refractivity contribution in [2.45, 2.75) is 32.4 Å². The summed E-state index contributed by atoms with van der Waals surface area (Å²) in [7, 11) is 1.79. The zero-order valence-electron chi connectivity index (χ0n) is 13.1. The number of hydrogen-bond donors (Lipinski definition) is 1. The molecule has 23 heavy (non-hydrogen) atoms. The van der Waals surface area contributed by atoms with E-state index in [4.69, 9.17) is 0 Å². The maximum absolute atomic E-state index is 12.5. The number of likely N-dealkylation sites (tertiary alicyclic amines) is 1. The monoisotopic (exact) mass is 333 g/mol. The van der Waals surface area contributed by atoms with E-state index in [9.17, 15) is 14.7 Å². The third kappa shape index (κ3) is 3.14. The molecule has 3 rings (SSSR count). The summed E-state index contributed by atoms with van der Waals surface area (Å²) in [5.41, 5.74) is 0.779. The highest BCUT2D eigenvalue weighted by molar-refractivity contribution is 7.11. The Morgan fingerprint density at radius 1 is 1.48 bits per heavy atom. The van der Waals surface area contributed by atoms with E-state index >= 15 is 0 Å². The number of aryl methyl sites for hydroxylation is 2. The summed E-state index contributed by atoms with van der Waals surface area (Å²) in [6, 6.07) is 3.55. The van der Waals surface area contributed by atoms with E-state index in [1.807, 2.05) is 19.1 Å². The Morgan fingerprint density at radius 2 is 2.26 bits per heavy atom. The van der Waals surface area contributed by atoms with Crippen molar-refractivity contribution in [3.63, 3.8) is 0 Å². The number of piperidine rings is 1. The summed E-state index contributed by atoms with van der Waals surface area (Å²) in [4.78, 5) is 28.1. The normalized spacial score (nSPS) is 21.7. The van der Waals surface area contributed by atoms with Crippen LogP contribution in [0, 0.1) is 12.8 Å². The van der Waals surface area contributed by atoms with Gasteiger partial charge in [0.25, 0.3) is 0 Å². The van der Waals surface area contributed by atoms with Crippen LogP contribution in [-0.2, 0) is 23.2 Å². The van der Waals surface area contributed by atoms with Crippen molar-refractivity contribution in [2.75, 3.05) is 0 Å². The first-order valence-electron chi connectivity index (χ1n) is 7.52. The molecular formula is C16H19N3O3S. The molecule has 2 atom stereocenters. The average Bonchev–Trinajstić information content (AvgIpc) is 3.09. The fourth-order valence-electron chi connectivity index (χ4n) is 3.14. The predicted octanol–water partition coefficient (Wildman–Crippen LogP) is 2.35. The van der Waals surface area contributed by atoms with Gasteiger partial charge in [0.15, 0.2) is 0 Å². The van der Waals surface area contributed by atoms with Gasteiger partial charge in [-0.25, -0.2) is 0 Å². The number of nitrogens with zero attached hydrogens (tertiary/aromatic N) is 3. The molecule has 0 aliphatic carbocycles. The zero-order valence-corrected chi connectivity index (χ0v) is 13.9. The van der Waals surface area contributed by atoms with Crippen LogP contribution < -0.4 is 0 Å². The summed E-state index contributed by atoms with van der Waals surface area (Å²) in [6.45, 7) is 2.46.